The van der Waals surface area contributed by atoms with Crippen molar-refractivity contribution in [2.75, 3.05) is 38.6 Å². The van der Waals surface area contributed by atoms with Crippen molar-refractivity contribution in [3.63, 3.8) is 0 Å². The Morgan fingerprint density at radius 2 is 1.76 bits per heavy atom. The second-order valence-electron chi connectivity index (χ2n) is 5.69. The van der Waals surface area contributed by atoms with Crippen LogP contribution in [0.5, 0.6) is 5.75 Å². The number of hydrogen-bond donors (Lipinski definition) is 1. The van der Waals surface area contributed by atoms with E-state index < -0.39 is 34.1 Å². The number of allylic oxidation sites excluding steroid dienone is 2. The van der Waals surface area contributed by atoms with Crippen molar-refractivity contribution < 1.29 is 37.3 Å². The minimum absolute atomic E-state index is 0.0863. The summed E-state index contributed by atoms with van der Waals surface area (Å²) in [5.41, 5.74) is -0.0948. The fraction of sp³-hybridized carbons (Fsp3) is 0.263. The van der Waals surface area contributed by atoms with Crippen molar-refractivity contribution in [1.29, 1.82) is 0 Å². The molecule has 0 aliphatic carbocycles. The lowest BCUT2D eigenvalue weighted by Crippen LogP contribution is -2.27. The van der Waals surface area contributed by atoms with Gasteiger partial charge in [0.15, 0.2) is 9.84 Å². The molecule has 0 saturated heterocycles. The van der Waals surface area contributed by atoms with Gasteiger partial charge in [0.05, 0.1) is 49.8 Å². The van der Waals surface area contributed by atoms with Crippen LogP contribution in [-0.4, -0.2) is 59.2 Å². The first kappa shape index (κ1) is 22.2. The zero-order chi connectivity index (χ0) is 21.6. The SMILES string of the molecule is COC(=O)C1=C(C(=O)OC)N(c2cc(S(=O)(=O)CCO)ccc2OC)C=CC=C1. The largest absolute Gasteiger partial charge is 0.495 e. The van der Waals surface area contributed by atoms with Gasteiger partial charge in [-0.15, -0.1) is 0 Å². The molecule has 1 N–H and O–H groups in total. The van der Waals surface area contributed by atoms with Gasteiger partial charge in [-0.1, -0.05) is 6.08 Å². The highest BCUT2D eigenvalue weighted by atomic mass is 32.2. The van der Waals surface area contributed by atoms with Gasteiger partial charge in [-0.2, -0.15) is 0 Å². The fourth-order valence-corrected chi connectivity index (χ4v) is 3.68. The van der Waals surface area contributed by atoms with Crippen LogP contribution >= 0.6 is 0 Å². The van der Waals surface area contributed by atoms with E-state index in [9.17, 15) is 18.0 Å². The number of aliphatic hydroxyl groups is 1. The van der Waals surface area contributed by atoms with E-state index in [0.29, 0.717) is 0 Å². The number of nitrogens with zero attached hydrogens (tertiary/aromatic N) is 1. The number of ether oxygens (including phenoxy) is 3. The highest BCUT2D eigenvalue weighted by Gasteiger charge is 2.30. The Bertz CT molecular complexity index is 991. The van der Waals surface area contributed by atoms with Gasteiger partial charge in [0, 0.05) is 6.20 Å². The molecule has 2 rings (SSSR count). The summed E-state index contributed by atoms with van der Waals surface area (Å²) in [5, 5.41) is 9.04. The number of hydrogen-bond acceptors (Lipinski definition) is 9. The van der Waals surface area contributed by atoms with Crippen LogP contribution in [0.4, 0.5) is 5.69 Å². The van der Waals surface area contributed by atoms with Crippen LogP contribution in [0.15, 0.2) is 58.8 Å². The predicted molar refractivity (Wildman–Crippen MR) is 104 cm³/mol. The van der Waals surface area contributed by atoms with E-state index in [0.717, 1.165) is 7.11 Å². The Balaban J connectivity index is 2.78. The summed E-state index contributed by atoms with van der Waals surface area (Å²) in [5.74, 6) is -1.85. The molecule has 10 heteroatoms. The average molecular weight is 423 g/mol. The average Bonchev–Trinajstić information content (AvgIpc) is 2.94. The van der Waals surface area contributed by atoms with Gasteiger partial charge in [0.1, 0.15) is 11.4 Å². The van der Waals surface area contributed by atoms with Crippen LogP contribution in [0.25, 0.3) is 0 Å². The highest BCUT2D eigenvalue weighted by Crippen LogP contribution is 2.36. The summed E-state index contributed by atoms with van der Waals surface area (Å²) >= 11 is 0. The van der Waals surface area contributed by atoms with Crippen molar-refractivity contribution in [3.8, 4) is 5.75 Å². The molecule has 156 valence electrons. The van der Waals surface area contributed by atoms with Crippen LogP contribution in [0.1, 0.15) is 0 Å². The number of benzene rings is 1. The summed E-state index contributed by atoms with van der Waals surface area (Å²) in [7, 11) is -0.0781. The molecule has 1 aromatic carbocycles. The Kier molecular flexibility index (Phi) is 7.18. The first-order valence-corrected chi connectivity index (χ1v) is 10.0. The van der Waals surface area contributed by atoms with Gasteiger partial charge < -0.3 is 24.2 Å². The van der Waals surface area contributed by atoms with Gasteiger partial charge in [0.25, 0.3) is 0 Å². The van der Waals surface area contributed by atoms with Crippen molar-refractivity contribution in [2.24, 2.45) is 0 Å². The molecule has 9 nitrogen and oxygen atoms in total. The summed E-state index contributed by atoms with van der Waals surface area (Å²) < 4.78 is 39.7. The lowest BCUT2D eigenvalue weighted by molar-refractivity contribution is -0.139. The Morgan fingerprint density at radius 3 is 2.34 bits per heavy atom. The molecule has 0 bridgehead atoms. The van der Waals surface area contributed by atoms with Crippen molar-refractivity contribution >= 4 is 27.5 Å². The van der Waals surface area contributed by atoms with Crippen molar-refractivity contribution in [3.05, 3.63) is 53.9 Å². The second-order valence-corrected chi connectivity index (χ2v) is 7.80. The van der Waals surface area contributed by atoms with Crippen molar-refractivity contribution in [2.45, 2.75) is 4.90 Å². The molecule has 1 aliphatic rings. The molecule has 0 unspecified atom stereocenters. The van der Waals surface area contributed by atoms with Gasteiger partial charge in [-0.3, -0.25) is 0 Å². The van der Waals surface area contributed by atoms with E-state index >= 15 is 0 Å². The van der Waals surface area contributed by atoms with Crippen LogP contribution < -0.4 is 9.64 Å². The molecule has 0 atom stereocenters. The van der Waals surface area contributed by atoms with E-state index in [1.165, 1.54) is 55.7 Å². The second kappa shape index (κ2) is 9.39. The zero-order valence-electron chi connectivity index (χ0n) is 16.1. The van der Waals surface area contributed by atoms with Gasteiger partial charge in [-0.25, -0.2) is 18.0 Å². The topological polar surface area (TPSA) is 119 Å². The summed E-state index contributed by atoms with van der Waals surface area (Å²) in [4.78, 5) is 26.0. The maximum absolute atomic E-state index is 12.5. The number of carbonyl (C=O) groups excluding carboxylic acids is 2. The third kappa shape index (κ3) is 4.66. The summed E-state index contributed by atoms with van der Waals surface area (Å²) in [6.45, 7) is -0.545. The first-order valence-electron chi connectivity index (χ1n) is 8.37. The quantitative estimate of drug-likeness (QED) is 0.639. The third-order valence-corrected chi connectivity index (χ3v) is 5.71. The summed E-state index contributed by atoms with van der Waals surface area (Å²) in [6.07, 6.45) is 5.91. The molecule has 1 aliphatic heterocycles. The molecular weight excluding hydrogens is 402 g/mol. The molecule has 1 heterocycles. The van der Waals surface area contributed by atoms with Crippen molar-refractivity contribution in [1.82, 2.24) is 0 Å². The molecular formula is C19H21NO8S. The first-order chi connectivity index (χ1) is 13.8. The number of carbonyl (C=O) groups is 2. The Hall–Kier alpha value is -3.11. The van der Waals surface area contributed by atoms with Gasteiger partial charge >= 0.3 is 11.9 Å². The standard InChI is InChI=1S/C19H21NO8S/c1-26-16-8-7-13(29(24,25)11-10-21)12-15(16)20-9-5-4-6-14(18(22)27-2)17(20)19(23)28-3/h4-9,12,21H,10-11H2,1-3H3. The predicted octanol–water partition coefficient (Wildman–Crippen LogP) is 0.951. The molecule has 0 aromatic heterocycles. The molecule has 0 amide bonds. The van der Waals surface area contributed by atoms with Crippen LogP contribution in [-0.2, 0) is 28.9 Å². The highest BCUT2D eigenvalue weighted by molar-refractivity contribution is 7.91. The van der Waals surface area contributed by atoms with E-state index in [-0.39, 0.29) is 27.6 Å². The lowest BCUT2D eigenvalue weighted by Gasteiger charge is -2.25. The van der Waals surface area contributed by atoms with E-state index in [1.807, 2.05) is 0 Å². The van der Waals surface area contributed by atoms with Crippen LogP contribution in [0.2, 0.25) is 0 Å². The molecule has 0 radical (unpaired) electrons. The maximum Gasteiger partial charge on any atom is 0.355 e. The van der Waals surface area contributed by atoms with Crippen LogP contribution in [0, 0.1) is 0 Å². The van der Waals surface area contributed by atoms with Gasteiger partial charge in [0.2, 0.25) is 0 Å². The smallest absolute Gasteiger partial charge is 0.355 e. The maximum atomic E-state index is 12.5. The Morgan fingerprint density at radius 1 is 1.07 bits per heavy atom. The monoisotopic (exact) mass is 423 g/mol. The zero-order valence-corrected chi connectivity index (χ0v) is 16.9. The minimum Gasteiger partial charge on any atom is -0.495 e. The fourth-order valence-electron chi connectivity index (χ4n) is 2.64. The number of esters is 2. The van der Waals surface area contributed by atoms with Crippen LogP contribution in [0.3, 0.4) is 0 Å². The van der Waals surface area contributed by atoms with E-state index in [4.69, 9.17) is 19.3 Å². The van der Waals surface area contributed by atoms with E-state index in [1.54, 1.807) is 6.08 Å². The number of rotatable bonds is 7. The lowest BCUT2D eigenvalue weighted by atomic mass is 10.1. The normalized spacial score (nSPS) is 13.9. The molecule has 0 fully saturated rings. The molecule has 29 heavy (non-hydrogen) atoms. The Labute approximate surface area is 168 Å². The third-order valence-electron chi connectivity index (χ3n) is 4.02. The van der Waals surface area contributed by atoms with Gasteiger partial charge in [-0.05, 0) is 30.4 Å². The molecule has 0 spiro atoms. The van der Waals surface area contributed by atoms with E-state index in [2.05, 4.69) is 0 Å². The summed E-state index contributed by atoms with van der Waals surface area (Å²) in [6, 6.07) is 4.03. The molecule has 1 aromatic rings. The number of sulfone groups is 1. The molecule has 0 saturated carbocycles. The number of anilines is 1. The number of aliphatic hydroxyl groups excluding tert-OH is 1. The number of methoxy groups -OCH3 is 3. The minimum atomic E-state index is -3.78.